The molecule has 0 fully saturated rings. The van der Waals surface area contributed by atoms with Crippen molar-refractivity contribution in [1.82, 2.24) is 0 Å². The molecule has 0 saturated heterocycles. The van der Waals surface area contributed by atoms with Gasteiger partial charge < -0.3 is 5.11 Å². The van der Waals surface area contributed by atoms with Gasteiger partial charge in [-0.15, -0.1) is 0 Å². The molecule has 0 aromatic heterocycles. The summed E-state index contributed by atoms with van der Waals surface area (Å²) in [5.74, 6) is 0.403. The van der Waals surface area contributed by atoms with Crippen LogP contribution in [0.3, 0.4) is 0 Å². The average Bonchev–Trinajstić information content (AvgIpc) is 2.34. The lowest BCUT2D eigenvalue weighted by molar-refractivity contribution is 0.411. The molecule has 0 bridgehead atoms. The minimum absolute atomic E-state index is 0.403. The van der Waals surface area contributed by atoms with Crippen molar-refractivity contribution in [2.75, 3.05) is 0 Å². The normalized spacial score (nSPS) is 21.2. The molecule has 1 rings (SSSR count). The van der Waals surface area contributed by atoms with Crippen molar-refractivity contribution in [3.8, 4) is 0 Å². The Bertz CT molecular complexity index is 215. The maximum absolute atomic E-state index is 9.05. The van der Waals surface area contributed by atoms with Crippen molar-refractivity contribution in [2.45, 2.75) is 20.3 Å². The van der Waals surface area contributed by atoms with Gasteiger partial charge in [0, 0.05) is 5.57 Å². The number of hydrogen-bond acceptors (Lipinski definition) is 1. The Morgan fingerprint density at radius 2 is 2.20 bits per heavy atom. The molecule has 0 aromatic carbocycles. The van der Waals surface area contributed by atoms with Crippen molar-refractivity contribution >= 4 is 0 Å². The summed E-state index contributed by atoms with van der Waals surface area (Å²) in [6, 6.07) is 0. The Kier molecular flexibility index (Phi) is 1.95. The summed E-state index contributed by atoms with van der Waals surface area (Å²) >= 11 is 0. The molecule has 54 valence electrons. The molecule has 0 saturated carbocycles. The van der Waals surface area contributed by atoms with Gasteiger partial charge in [-0.2, -0.15) is 0 Å². The number of aliphatic hydroxyl groups is 1. The summed E-state index contributed by atoms with van der Waals surface area (Å²) in [7, 11) is 0. The van der Waals surface area contributed by atoms with Gasteiger partial charge >= 0.3 is 0 Å². The predicted octanol–water partition coefficient (Wildman–Crippen LogP) is 2.72. The summed E-state index contributed by atoms with van der Waals surface area (Å²) in [6.45, 7) is 3.81. The van der Waals surface area contributed by atoms with Crippen molar-refractivity contribution in [3.63, 3.8) is 0 Å². The zero-order valence-corrected chi connectivity index (χ0v) is 6.39. The third kappa shape index (κ3) is 1.29. The van der Waals surface area contributed by atoms with Crippen LogP contribution in [0, 0.1) is 0 Å². The Morgan fingerprint density at radius 1 is 1.50 bits per heavy atom. The third-order valence-electron chi connectivity index (χ3n) is 1.64. The highest BCUT2D eigenvalue weighted by Crippen LogP contribution is 2.18. The van der Waals surface area contributed by atoms with E-state index in [2.05, 4.69) is 6.92 Å². The quantitative estimate of drug-likeness (QED) is 0.549. The molecule has 10 heavy (non-hydrogen) atoms. The largest absolute Gasteiger partial charge is 0.512 e. The van der Waals surface area contributed by atoms with E-state index < -0.39 is 0 Å². The van der Waals surface area contributed by atoms with Gasteiger partial charge in [0.05, 0.1) is 5.76 Å². The molecule has 0 radical (unpaired) electrons. The molecule has 1 nitrogen and oxygen atoms in total. The fourth-order valence-corrected chi connectivity index (χ4v) is 0.938. The van der Waals surface area contributed by atoms with Gasteiger partial charge in [0.1, 0.15) is 0 Å². The molecular weight excluding hydrogens is 124 g/mol. The second kappa shape index (κ2) is 2.74. The Labute approximate surface area is 61.4 Å². The van der Waals surface area contributed by atoms with Crippen molar-refractivity contribution < 1.29 is 5.11 Å². The van der Waals surface area contributed by atoms with Crippen LogP contribution in [0.15, 0.2) is 35.1 Å². The van der Waals surface area contributed by atoms with Gasteiger partial charge in [-0.25, -0.2) is 0 Å². The van der Waals surface area contributed by atoms with Gasteiger partial charge in [0.25, 0.3) is 0 Å². The number of allylic oxidation sites excluding steroid dienone is 6. The maximum Gasteiger partial charge on any atom is 0.0963 e. The first-order chi connectivity index (χ1) is 4.74. The standard InChI is InChI=1S/C9H12O/c1-3-8-4-5-9(6-8)7(2)10/h4-6,10H,3H2,1-2H3. The summed E-state index contributed by atoms with van der Waals surface area (Å²) in [4.78, 5) is 0. The molecule has 0 amide bonds. The first kappa shape index (κ1) is 7.13. The summed E-state index contributed by atoms with van der Waals surface area (Å²) in [5, 5.41) is 9.05. The van der Waals surface area contributed by atoms with E-state index in [4.69, 9.17) is 5.11 Å². The molecule has 0 heterocycles. The van der Waals surface area contributed by atoms with E-state index in [1.807, 2.05) is 18.2 Å². The van der Waals surface area contributed by atoms with Crippen LogP contribution < -0.4 is 0 Å². The zero-order chi connectivity index (χ0) is 7.56. The Morgan fingerprint density at radius 3 is 2.50 bits per heavy atom. The highest BCUT2D eigenvalue weighted by Gasteiger charge is 2.01. The van der Waals surface area contributed by atoms with Gasteiger partial charge in [0.2, 0.25) is 0 Å². The van der Waals surface area contributed by atoms with E-state index in [0.717, 1.165) is 12.0 Å². The third-order valence-corrected chi connectivity index (χ3v) is 1.64. The van der Waals surface area contributed by atoms with E-state index in [9.17, 15) is 0 Å². The van der Waals surface area contributed by atoms with Crippen molar-refractivity contribution in [1.29, 1.82) is 0 Å². The maximum atomic E-state index is 9.05. The molecule has 1 aliphatic carbocycles. The lowest BCUT2D eigenvalue weighted by atomic mass is 10.2. The molecular formula is C9H12O. The smallest absolute Gasteiger partial charge is 0.0963 e. The lowest BCUT2D eigenvalue weighted by Crippen LogP contribution is -1.75. The molecule has 0 aliphatic heterocycles. The Balaban J connectivity index is 2.85. The zero-order valence-electron chi connectivity index (χ0n) is 6.39. The minimum Gasteiger partial charge on any atom is -0.512 e. The topological polar surface area (TPSA) is 20.2 Å². The average molecular weight is 136 g/mol. The molecule has 1 heteroatoms. The van der Waals surface area contributed by atoms with Crippen molar-refractivity contribution in [2.24, 2.45) is 0 Å². The molecule has 0 spiro atoms. The van der Waals surface area contributed by atoms with Gasteiger partial charge in [-0.3, -0.25) is 0 Å². The fraction of sp³-hybridized carbons (Fsp3) is 0.333. The van der Waals surface area contributed by atoms with E-state index >= 15 is 0 Å². The van der Waals surface area contributed by atoms with Crippen molar-refractivity contribution in [3.05, 3.63) is 35.1 Å². The number of hydrogen-bond donors (Lipinski definition) is 1. The second-order valence-electron chi connectivity index (χ2n) is 2.45. The highest BCUT2D eigenvalue weighted by molar-refractivity contribution is 5.46. The van der Waals surface area contributed by atoms with Gasteiger partial charge in [-0.1, -0.05) is 19.1 Å². The first-order valence-electron chi connectivity index (χ1n) is 3.52. The summed E-state index contributed by atoms with van der Waals surface area (Å²) in [5.41, 5.74) is 2.22. The fourth-order valence-electron chi connectivity index (χ4n) is 0.938. The molecule has 0 atom stereocenters. The van der Waals surface area contributed by atoms with Crippen LogP contribution in [-0.4, -0.2) is 5.11 Å². The lowest BCUT2D eigenvalue weighted by Gasteiger charge is -1.91. The van der Waals surface area contributed by atoms with Crippen LogP contribution in [0.2, 0.25) is 0 Å². The molecule has 1 N–H and O–H groups in total. The number of rotatable bonds is 1. The summed E-state index contributed by atoms with van der Waals surface area (Å²) in [6.07, 6.45) is 7.02. The highest BCUT2D eigenvalue weighted by atomic mass is 16.3. The molecule has 0 aromatic rings. The van der Waals surface area contributed by atoms with Gasteiger partial charge in [0.15, 0.2) is 0 Å². The van der Waals surface area contributed by atoms with E-state index in [1.165, 1.54) is 5.57 Å². The van der Waals surface area contributed by atoms with E-state index in [0.29, 0.717) is 5.76 Å². The van der Waals surface area contributed by atoms with Crippen LogP contribution in [0.1, 0.15) is 20.3 Å². The first-order valence-corrected chi connectivity index (χ1v) is 3.52. The Hall–Kier alpha value is -0.980. The van der Waals surface area contributed by atoms with Gasteiger partial charge in [-0.05, 0) is 25.0 Å². The van der Waals surface area contributed by atoms with E-state index in [1.54, 1.807) is 6.92 Å². The molecule has 1 aliphatic rings. The van der Waals surface area contributed by atoms with Crippen LogP contribution in [0.5, 0.6) is 0 Å². The SMILES string of the molecule is CCC1=CC(=C(C)O)C=C1. The minimum atomic E-state index is 0.403. The summed E-state index contributed by atoms with van der Waals surface area (Å²) < 4.78 is 0. The predicted molar refractivity (Wildman–Crippen MR) is 42.8 cm³/mol. The van der Waals surface area contributed by atoms with Crippen LogP contribution >= 0.6 is 0 Å². The number of aliphatic hydroxyl groups excluding tert-OH is 1. The van der Waals surface area contributed by atoms with Crippen LogP contribution in [0.4, 0.5) is 0 Å². The molecule has 0 unspecified atom stereocenters. The second-order valence-corrected chi connectivity index (χ2v) is 2.45. The monoisotopic (exact) mass is 136 g/mol. The van der Waals surface area contributed by atoms with Crippen LogP contribution in [0.25, 0.3) is 0 Å². The van der Waals surface area contributed by atoms with E-state index in [-0.39, 0.29) is 0 Å². The van der Waals surface area contributed by atoms with Crippen LogP contribution in [-0.2, 0) is 0 Å².